The van der Waals surface area contributed by atoms with E-state index in [1.165, 1.54) is 12.1 Å². The second-order valence-electron chi connectivity index (χ2n) is 4.90. The van der Waals surface area contributed by atoms with E-state index in [0.717, 1.165) is 38.2 Å². The molecule has 0 amide bonds. The molecule has 0 unspecified atom stereocenters. The number of halogens is 3. The third kappa shape index (κ3) is 4.69. The van der Waals surface area contributed by atoms with E-state index < -0.39 is 5.82 Å². The number of rotatable bonds is 3. The van der Waals surface area contributed by atoms with Crippen LogP contribution in [0.2, 0.25) is 0 Å². The molecule has 1 heterocycles. The average Bonchev–Trinajstić information content (AvgIpc) is 2.50. The zero-order valence-corrected chi connectivity index (χ0v) is 15.3. The lowest BCUT2D eigenvalue weighted by Crippen LogP contribution is -2.52. The van der Waals surface area contributed by atoms with Crippen molar-refractivity contribution in [2.45, 2.75) is 13.8 Å². The summed E-state index contributed by atoms with van der Waals surface area (Å²) in [5.74, 6) is 0.105. The van der Waals surface area contributed by atoms with Gasteiger partial charge in [-0.05, 0) is 26.0 Å². The summed E-state index contributed by atoms with van der Waals surface area (Å²) >= 11 is 0. The van der Waals surface area contributed by atoms with Crippen molar-refractivity contribution in [3.05, 3.63) is 29.8 Å². The van der Waals surface area contributed by atoms with Gasteiger partial charge in [0.1, 0.15) is 11.6 Å². The van der Waals surface area contributed by atoms with Crippen LogP contribution in [0.3, 0.4) is 0 Å². The predicted octanol–water partition coefficient (Wildman–Crippen LogP) is 2.69. The lowest BCUT2D eigenvalue weighted by molar-refractivity contribution is 0.371. The third-order valence-electron chi connectivity index (χ3n) is 3.47. The minimum absolute atomic E-state index is 0. The van der Waals surface area contributed by atoms with Crippen molar-refractivity contribution in [1.82, 2.24) is 10.2 Å². The zero-order valence-electron chi connectivity index (χ0n) is 13.0. The molecule has 4 nitrogen and oxygen atoms in total. The Kier molecular flexibility index (Phi) is 7.84. The molecule has 1 aliphatic rings. The summed E-state index contributed by atoms with van der Waals surface area (Å²) < 4.78 is 27.1. The van der Waals surface area contributed by atoms with E-state index in [2.05, 4.69) is 15.2 Å². The molecule has 0 aromatic heterocycles. The number of hydrogen-bond donors (Lipinski definition) is 1. The van der Waals surface area contributed by atoms with Crippen LogP contribution in [0.1, 0.15) is 13.8 Å². The molecule has 7 heteroatoms. The molecule has 1 fully saturated rings. The lowest BCUT2D eigenvalue weighted by Gasteiger charge is -2.37. The van der Waals surface area contributed by atoms with Crippen LogP contribution >= 0.6 is 24.0 Å². The number of benzene rings is 1. The molecule has 124 valence electrons. The van der Waals surface area contributed by atoms with E-state index in [1.54, 1.807) is 0 Å². The van der Waals surface area contributed by atoms with Gasteiger partial charge in [0.15, 0.2) is 5.96 Å². The van der Waals surface area contributed by atoms with Crippen molar-refractivity contribution in [2.24, 2.45) is 4.99 Å². The van der Waals surface area contributed by atoms with Crippen LogP contribution in [0, 0.1) is 11.6 Å². The Labute approximate surface area is 147 Å². The molecule has 0 atom stereocenters. The first-order valence-electron chi connectivity index (χ1n) is 7.39. The molecule has 0 aliphatic carbocycles. The molecule has 1 aliphatic heterocycles. The van der Waals surface area contributed by atoms with Crippen LogP contribution in [-0.4, -0.2) is 50.1 Å². The highest BCUT2D eigenvalue weighted by molar-refractivity contribution is 14.0. The van der Waals surface area contributed by atoms with Crippen LogP contribution in [-0.2, 0) is 0 Å². The Morgan fingerprint density at radius 3 is 2.45 bits per heavy atom. The summed E-state index contributed by atoms with van der Waals surface area (Å²) in [6, 6.07) is 3.59. The molecule has 0 radical (unpaired) electrons. The molecule has 22 heavy (non-hydrogen) atoms. The second kappa shape index (κ2) is 9.12. The highest BCUT2D eigenvalue weighted by atomic mass is 127. The maximum Gasteiger partial charge on any atom is 0.194 e. The number of hydrogen-bond acceptors (Lipinski definition) is 2. The summed E-state index contributed by atoms with van der Waals surface area (Å²) in [4.78, 5) is 8.48. The highest BCUT2D eigenvalue weighted by Gasteiger charge is 2.21. The molecule has 1 N–H and O–H groups in total. The Bertz CT molecular complexity index is 502. The van der Waals surface area contributed by atoms with E-state index in [0.29, 0.717) is 18.8 Å². The van der Waals surface area contributed by atoms with E-state index in [1.807, 2.05) is 18.7 Å². The molecule has 0 bridgehead atoms. The summed E-state index contributed by atoms with van der Waals surface area (Å²) in [7, 11) is 0. The maximum atomic E-state index is 13.8. The molecule has 2 rings (SSSR count). The van der Waals surface area contributed by atoms with E-state index in [4.69, 9.17) is 0 Å². The number of aliphatic imine (C=N–C) groups is 1. The van der Waals surface area contributed by atoms with Crippen LogP contribution in [0.25, 0.3) is 0 Å². The molecule has 0 spiro atoms. The van der Waals surface area contributed by atoms with Gasteiger partial charge in [-0.15, -0.1) is 24.0 Å². The number of anilines is 1. The lowest BCUT2D eigenvalue weighted by atomic mass is 10.2. The van der Waals surface area contributed by atoms with Crippen molar-refractivity contribution in [1.29, 1.82) is 0 Å². The smallest absolute Gasteiger partial charge is 0.194 e. The van der Waals surface area contributed by atoms with Gasteiger partial charge >= 0.3 is 0 Å². The fourth-order valence-corrected chi connectivity index (χ4v) is 2.46. The first kappa shape index (κ1) is 18.9. The van der Waals surface area contributed by atoms with E-state index in [9.17, 15) is 8.78 Å². The van der Waals surface area contributed by atoms with Gasteiger partial charge in [0, 0.05) is 45.3 Å². The first-order valence-corrected chi connectivity index (χ1v) is 7.39. The Morgan fingerprint density at radius 2 is 1.86 bits per heavy atom. The Balaban J connectivity index is 0.00000242. The summed E-state index contributed by atoms with van der Waals surface area (Å²) in [6.07, 6.45) is 0. The molecule has 1 aromatic carbocycles. The topological polar surface area (TPSA) is 30.9 Å². The first-order chi connectivity index (χ1) is 10.2. The molecule has 0 saturated carbocycles. The van der Waals surface area contributed by atoms with Crippen LogP contribution in [0.15, 0.2) is 23.2 Å². The highest BCUT2D eigenvalue weighted by Crippen LogP contribution is 2.21. The van der Waals surface area contributed by atoms with Crippen molar-refractivity contribution in [3.8, 4) is 0 Å². The summed E-state index contributed by atoms with van der Waals surface area (Å²) in [6.45, 7) is 8.34. The zero-order chi connectivity index (χ0) is 15.2. The molecular formula is C15H23F2IN4. The van der Waals surface area contributed by atoms with Gasteiger partial charge in [0.25, 0.3) is 0 Å². The van der Waals surface area contributed by atoms with E-state index >= 15 is 0 Å². The number of nitrogens with zero attached hydrogens (tertiary/aromatic N) is 3. The van der Waals surface area contributed by atoms with Crippen molar-refractivity contribution in [2.75, 3.05) is 44.2 Å². The van der Waals surface area contributed by atoms with Gasteiger partial charge in [-0.25, -0.2) is 8.78 Å². The fraction of sp³-hybridized carbons (Fsp3) is 0.533. The minimum atomic E-state index is -0.408. The van der Waals surface area contributed by atoms with Gasteiger partial charge in [-0.1, -0.05) is 0 Å². The largest absolute Gasteiger partial charge is 0.366 e. The maximum absolute atomic E-state index is 13.8. The Morgan fingerprint density at radius 1 is 1.18 bits per heavy atom. The standard InChI is InChI=1S/C15H22F2N4.HI/c1-3-18-15(19-4-2)21-9-7-20(8-10-21)14-11-12(16)5-6-13(14)17;/h5-6,11H,3-4,7-10H2,1-2H3,(H,18,19);1H. The van der Waals surface area contributed by atoms with Gasteiger partial charge in [0.2, 0.25) is 0 Å². The van der Waals surface area contributed by atoms with Crippen molar-refractivity contribution >= 4 is 35.6 Å². The molecule has 1 aromatic rings. The quantitative estimate of drug-likeness (QED) is 0.460. The van der Waals surface area contributed by atoms with Crippen molar-refractivity contribution in [3.63, 3.8) is 0 Å². The Hall–Kier alpha value is -1.12. The van der Waals surface area contributed by atoms with Crippen LogP contribution < -0.4 is 10.2 Å². The third-order valence-corrected chi connectivity index (χ3v) is 3.47. The second-order valence-corrected chi connectivity index (χ2v) is 4.90. The van der Waals surface area contributed by atoms with Gasteiger partial charge in [-0.3, -0.25) is 4.99 Å². The van der Waals surface area contributed by atoms with Gasteiger partial charge in [0.05, 0.1) is 5.69 Å². The minimum Gasteiger partial charge on any atom is -0.366 e. The number of guanidine groups is 1. The average molecular weight is 424 g/mol. The SMILES string of the molecule is CCN=C(NCC)N1CCN(c2cc(F)ccc2F)CC1.I. The summed E-state index contributed by atoms with van der Waals surface area (Å²) in [5.41, 5.74) is 0.340. The number of piperazine rings is 1. The fourth-order valence-electron chi connectivity index (χ4n) is 2.46. The molecule has 1 saturated heterocycles. The predicted molar refractivity (Wildman–Crippen MR) is 97.2 cm³/mol. The van der Waals surface area contributed by atoms with E-state index in [-0.39, 0.29) is 29.8 Å². The van der Waals surface area contributed by atoms with Gasteiger partial charge < -0.3 is 15.1 Å². The van der Waals surface area contributed by atoms with Crippen molar-refractivity contribution < 1.29 is 8.78 Å². The summed E-state index contributed by atoms with van der Waals surface area (Å²) in [5, 5.41) is 3.25. The molecular weight excluding hydrogens is 401 g/mol. The van der Waals surface area contributed by atoms with Crippen LogP contribution in [0.5, 0.6) is 0 Å². The van der Waals surface area contributed by atoms with Gasteiger partial charge in [-0.2, -0.15) is 0 Å². The monoisotopic (exact) mass is 424 g/mol. The number of nitrogens with one attached hydrogen (secondary N) is 1. The normalized spacial score (nSPS) is 15.5. The van der Waals surface area contributed by atoms with Crippen LogP contribution in [0.4, 0.5) is 14.5 Å².